The SMILES string of the molecule is Cc1cc(C)cc(CC(NN)c2sccc2Br)c1. The number of hydrazine groups is 1. The van der Waals surface area contributed by atoms with E-state index in [0.717, 1.165) is 10.9 Å². The molecule has 0 amide bonds. The van der Waals surface area contributed by atoms with E-state index >= 15 is 0 Å². The number of nitrogens with one attached hydrogen (secondary N) is 1. The summed E-state index contributed by atoms with van der Waals surface area (Å²) in [6, 6.07) is 8.85. The predicted octanol–water partition coefficient (Wildman–Crippen LogP) is 3.87. The van der Waals surface area contributed by atoms with Gasteiger partial charge in [0.05, 0.1) is 6.04 Å². The molecule has 96 valence electrons. The van der Waals surface area contributed by atoms with E-state index in [4.69, 9.17) is 5.84 Å². The van der Waals surface area contributed by atoms with E-state index in [0.29, 0.717) is 0 Å². The Morgan fingerprint density at radius 2 is 1.94 bits per heavy atom. The molecule has 0 radical (unpaired) electrons. The molecule has 2 nitrogen and oxygen atoms in total. The first-order valence-electron chi connectivity index (χ1n) is 5.86. The number of aryl methyl sites for hydroxylation is 2. The lowest BCUT2D eigenvalue weighted by molar-refractivity contribution is 0.558. The molecule has 0 fully saturated rings. The molecule has 0 bridgehead atoms. The van der Waals surface area contributed by atoms with Gasteiger partial charge >= 0.3 is 0 Å². The molecule has 1 aromatic heterocycles. The van der Waals surface area contributed by atoms with Gasteiger partial charge in [-0.15, -0.1) is 11.3 Å². The molecule has 0 aliphatic heterocycles. The quantitative estimate of drug-likeness (QED) is 0.661. The van der Waals surface area contributed by atoms with Crippen LogP contribution in [-0.4, -0.2) is 0 Å². The standard InChI is InChI=1S/C14H17BrN2S/c1-9-5-10(2)7-11(6-9)8-13(17-16)14-12(15)3-4-18-14/h3-7,13,17H,8,16H2,1-2H3. The average Bonchev–Trinajstić information content (AvgIpc) is 2.71. The van der Waals surface area contributed by atoms with E-state index in [1.54, 1.807) is 11.3 Å². The lowest BCUT2D eigenvalue weighted by atomic mass is 10.0. The van der Waals surface area contributed by atoms with Gasteiger partial charge in [0, 0.05) is 9.35 Å². The molecule has 0 saturated heterocycles. The minimum absolute atomic E-state index is 0.153. The maximum absolute atomic E-state index is 5.69. The highest BCUT2D eigenvalue weighted by Crippen LogP contribution is 2.30. The molecule has 1 heterocycles. The van der Waals surface area contributed by atoms with Crippen molar-refractivity contribution >= 4 is 27.3 Å². The number of halogens is 1. The lowest BCUT2D eigenvalue weighted by Gasteiger charge is -2.16. The molecular formula is C14H17BrN2S. The summed E-state index contributed by atoms with van der Waals surface area (Å²) in [6.45, 7) is 4.25. The maximum Gasteiger partial charge on any atom is 0.0604 e. The van der Waals surface area contributed by atoms with Gasteiger partial charge in [0.15, 0.2) is 0 Å². The van der Waals surface area contributed by atoms with Gasteiger partial charge in [-0.3, -0.25) is 11.3 Å². The molecule has 0 aliphatic rings. The van der Waals surface area contributed by atoms with E-state index in [9.17, 15) is 0 Å². The first-order chi connectivity index (χ1) is 8.60. The van der Waals surface area contributed by atoms with Crippen LogP contribution in [0.25, 0.3) is 0 Å². The van der Waals surface area contributed by atoms with Gasteiger partial charge in [0.1, 0.15) is 0 Å². The van der Waals surface area contributed by atoms with Crippen molar-refractivity contribution in [2.45, 2.75) is 26.3 Å². The Kier molecular flexibility index (Phi) is 4.56. The van der Waals surface area contributed by atoms with Crippen molar-refractivity contribution in [3.8, 4) is 0 Å². The molecular weight excluding hydrogens is 308 g/mol. The molecule has 2 aromatic rings. The van der Waals surface area contributed by atoms with E-state index in [-0.39, 0.29) is 6.04 Å². The smallest absolute Gasteiger partial charge is 0.0604 e. The van der Waals surface area contributed by atoms with Crippen LogP contribution in [0.4, 0.5) is 0 Å². The van der Waals surface area contributed by atoms with Crippen LogP contribution in [0.1, 0.15) is 27.6 Å². The summed E-state index contributed by atoms with van der Waals surface area (Å²) in [6.07, 6.45) is 0.901. The normalized spacial score (nSPS) is 12.7. The zero-order valence-corrected chi connectivity index (χ0v) is 12.9. The maximum atomic E-state index is 5.69. The highest BCUT2D eigenvalue weighted by atomic mass is 79.9. The second-order valence-corrected chi connectivity index (χ2v) is 6.35. The fourth-order valence-electron chi connectivity index (χ4n) is 2.20. The van der Waals surface area contributed by atoms with Gasteiger partial charge in [-0.1, -0.05) is 29.3 Å². The van der Waals surface area contributed by atoms with Crippen molar-refractivity contribution in [1.29, 1.82) is 0 Å². The second kappa shape index (κ2) is 5.97. The largest absolute Gasteiger partial charge is 0.271 e. The summed E-state index contributed by atoms with van der Waals surface area (Å²) in [4.78, 5) is 1.25. The Balaban J connectivity index is 2.23. The van der Waals surface area contributed by atoms with E-state index in [1.165, 1.54) is 21.6 Å². The number of nitrogens with two attached hydrogens (primary N) is 1. The lowest BCUT2D eigenvalue weighted by Crippen LogP contribution is -2.29. The number of thiophene rings is 1. The summed E-state index contributed by atoms with van der Waals surface area (Å²) >= 11 is 5.29. The fraction of sp³-hybridized carbons (Fsp3) is 0.286. The molecule has 0 spiro atoms. The van der Waals surface area contributed by atoms with Gasteiger partial charge in [-0.25, -0.2) is 0 Å². The van der Waals surface area contributed by atoms with Gasteiger partial charge in [0.2, 0.25) is 0 Å². The molecule has 0 saturated carbocycles. The van der Waals surface area contributed by atoms with Crippen LogP contribution in [-0.2, 0) is 6.42 Å². The summed E-state index contributed by atoms with van der Waals surface area (Å²) < 4.78 is 1.12. The zero-order valence-electron chi connectivity index (χ0n) is 10.5. The van der Waals surface area contributed by atoms with Crippen molar-refractivity contribution in [2.75, 3.05) is 0 Å². The van der Waals surface area contributed by atoms with Crippen LogP contribution in [0.2, 0.25) is 0 Å². The van der Waals surface area contributed by atoms with Crippen molar-refractivity contribution < 1.29 is 0 Å². The Bertz CT molecular complexity index is 516. The third-order valence-electron chi connectivity index (χ3n) is 2.88. The minimum atomic E-state index is 0.153. The van der Waals surface area contributed by atoms with Crippen LogP contribution in [0.5, 0.6) is 0 Å². The third kappa shape index (κ3) is 3.20. The van der Waals surface area contributed by atoms with Crippen molar-refractivity contribution in [3.63, 3.8) is 0 Å². The molecule has 1 atom stereocenters. The van der Waals surface area contributed by atoms with E-state index < -0.39 is 0 Å². The summed E-state index contributed by atoms with van der Waals surface area (Å²) in [5.41, 5.74) is 6.82. The monoisotopic (exact) mass is 324 g/mol. The number of hydrogen-bond donors (Lipinski definition) is 2. The molecule has 2 rings (SSSR count). The average molecular weight is 325 g/mol. The summed E-state index contributed by atoms with van der Waals surface area (Å²) in [5, 5.41) is 2.07. The Morgan fingerprint density at radius 3 is 2.44 bits per heavy atom. The second-order valence-electron chi connectivity index (χ2n) is 4.55. The van der Waals surface area contributed by atoms with E-state index in [2.05, 4.69) is 64.8 Å². The topological polar surface area (TPSA) is 38.0 Å². The van der Waals surface area contributed by atoms with Crippen molar-refractivity contribution in [2.24, 2.45) is 5.84 Å². The third-order valence-corrected chi connectivity index (χ3v) is 4.87. The number of hydrogen-bond acceptors (Lipinski definition) is 3. The molecule has 1 aromatic carbocycles. The Labute approximate surface area is 120 Å². The first kappa shape index (κ1) is 13.7. The van der Waals surface area contributed by atoms with Crippen LogP contribution in [0.3, 0.4) is 0 Å². The van der Waals surface area contributed by atoms with Crippen molar-refractivity contribution in [1.82, 2.24) is 5.43 Å². The van der Waals surface area contributed by atoms with Crippen LogP contribution >= 0.6 is 27.3 Å². The highest BCUT2D eigenvalue weighted by molar-refractivity contribution is 9.10. The van der Waals surface area contributed by atoms with Gasteiger partial charge in [-0.05, 0) is 53.2 Å². The van der Waals surface area contributed by atoms with Crippen LogP contribution in [0.15, 0.2) is 34.1 Å². The zero-order chi connectivity index (χ0) is 13.1. The number of benzene rings is 1. The molecule has 3 N–H and O–H groups in total. The van der Waals surface area contributed by atoms with Crippen LogP contribution < -0.4 is 11.3 Å². The van der Waals surface area contributed by atoms with Gasteiger partial charge in [0.25, 0.3) is 0 Å². The van der Waals surface area contributed by atoms with Gasteiger partial charge in [-0.2, -0.15) is 0 Å². The predicted molar refractivity (Wildman–Crippen MR) is 81.7 cm³/mol. The van der Waals surface area contributed by atoms with E-state index in [1.807, 2.05) is 0 Å². The Hall–Kier alpha value is -0.680. The van der Waals surface area contributed by atoms with Crippen LogP contribution in [0, 0.1) is 13.8 Å². The minimum Gasteiger partial charge on any atom is -0.271 e. The summed E-state index contributed by atoms with van der Waals surface area (Å²) in [7, 11) is 0. The molecule has 1 unspecified atom stereocenters. The molecule has 0 aliphatic carbocycles. The highest BCUT2D eigenvalue weighted by Gasteiger charge is 2.15. The number of rotatable bonds is 4. The molecule has 4 heteroatoms. The first-order valence-corrected chi connectivity index (χ1v) is 7.53. The summed E-state index contributed by atoms with van der Waals surface area (Å²) in [5.74, 6) is 5.69. The Morgan fingerprint density at radius 1 is 1.28 bits per heavy atom. The van der Waals surface area contributed by atoms with Crippen molar-refractivity contribution in [3.05, 3.63) is 55.7 Å². The molecule has 18 heavy (non-hydrogen) atoms. The van der Waals surface area contributed by atoms with Gasteiger partial charge < -0.3 is 0 Å². The fourth-order valence-corrected chi connectivity index (χ4v) is 3.91.